The van der Waals surface area contributed by atoms with Crippen LogP contribution in [-0.4, -0.2) is 5.11 Å². The highest BCUT2D eigenvalue weighted by Gasteiger charge is 2.32. The zero-order chi connectivity index (χ0) is 18.7. The molecule has 0 bridgehead atoms. The van der Waals surface area contributed by atoms with Crippen LogP contribution < -0.4 is 0 Å². The fraction of sp³-hybridized carbons (Fsp3) is 0.739. The zero-order valence-electron chi connectivity index (χ0n) is 17.6. The summed E-state index contributed by atoms with van der Waals surface area (Å²) in [6, 6.07) is 4.44. The van der Waals surface area contributed by atoms with Gasteiger partial charge in [0.2, 0.25) is 0 Å². The van der Waals surface area contributed by atoms with Gasteiger partial charge in [-0.25, -0.2) is 0 Å². The van der Waals surface area contributed by atoms with E-state index in [-0.39, 0.29) is 10.8 Å². The van der Waals surface area contributed by atoms with Crippen molar-refractivity contribution in [3.8, 4) is 5.75 Å². The van der Waals surface area contributed by atoms with Crippen LogP contribution in [0.5, 0.6) is 5.75 Å². The molecule has 0 amide bonds. The minimum atomic E-state index is 0.153. The van der Waals surface area contributed by atoms with Crippen LogP contribution >= 0.6 is 0 Å². The molecule has 0 aliphatic heterocycles. The van der Waals surface area contributed by atoms with Crippen LogP contribution in [0.25, 0.3) is 0 Å². The molecular formula is C23H40O. The van der Waals surface area contributed by atoms with E-state index in [1.54, 1.807) is 0 Å². The van der Waals surface area contributed by atoms with Crippen molar-refractivity contribution in [2.75, 3.05) is 0 Å². The Morgan fingerprint density at radius 3 is 1.38 bits per heavy atom. The predicted molar refractivity (Wildman–Crippen MR) is 107 cm³/mol. The molecule has 1 N–H and O–H groups in total. The summed E-state index contributed by atoms with van der Waals surface area (Å²) < 4.78 is 0. The summed E-state index contributed by atoms with van der Waals surface area (Å²) in [6.07, 6.45) is 4.52. The molecule has 24 heavy (non-hydrogen) atoms. The van der Waals surface area contributed by atoms with Crippen molar-refractivity contribution in [2.45, 2.75) is 99.8 Å². The third-order valence-electron chi connectivity index (χ3n) is 5.31. The number of hydrogen-bond donors (Lipinski definition) is 1. The maximum Gasteiger partial charge on any atom is 0.122 e. The van der Waals surface area contributed by atoms with Crippen LogP contribution in [0.15, 0.2) is 12.1 Å². The van der Waals surface area contributed by atoms with Crippen LogP contribution in [-0.2, 0) is 0 Å². The summed E-state index contributed by atoms with van der Waals surface area (Å²) in [5.74, 6) is 1.34. The van der Waals surface area contributed by atoms with E-state index in [1.165, 1.54) is 5.56 Å². The highest BCUT2D eigenvalue weighted by Crippen LogP contribution is 2.48. The smallest absolute Gasteiger partial charge is 0.122 e. The first-order valence-corrected chi connectivity index (χ1v) is 9.76. The fourth-order valence-corrected chi connectivity index (χ4v) is 4.05. The lowest BCUT2D eigenvalue weighted by molar-refractivity contribution is 0.281. The van der Waals surface area contributed by atoms with Crippen LogP contribution in [0, 0.1) is 17.8 Å². The second-order valence-electron chi connectivity index (χ2n) is 9.71. The Labute approximate surface area is 150 Å². The standard InChI is InChI=1S/C23H40O/c1-10-12-19(22(4,5)6)17-14-16(3)15-18(21(17)24)20(13-11-2)23(7,8)9/h14-15,19-20,24H,10-13H2,1-9H3. The first-order chi connectivity index (χ1) is 10.9. The van der Waals surface area contributed by atoms with Gasteiger partial charge in [-0.05, 0) is 53.6 Å². The quantitative estimate of drug-likeness (QED) is 0.569. The van der Waals surface area contributed by atoms with Crippen LogP contribution in [0.1, 0.15) is 110 Å². The minimum Gasteiger partial charge on any atom is -0.507 e. The van der Waals surface area contributed by atoms with E-state index in [4.69, 9.17) is 0 Å². The molecule has 0 radical (unpaired) electrons. The van der Waals surface area contributed by atoms with E-state index in [2.05, 4.69) is 74.4 Å². The van der Waals surface area contributed by atoms with Gasteiger partial charge in [0.05, 0.1) is 0 Å². The van der Waals surface area contributed by atoms with Gasteiger partial charge in [-0.1, -0.05) is 85.9 Å². The van der Waals surface area contributed by atoms with E-state index in [9.17, 15) is 5.11 Å². The lowest BCUT2D eigenvalue weighted by Gasteiger charge is -2.35. The molecule has 2 atom stereocenters. The number of hydrogen-bond acceptors (Lipinski definition) is 1. The van der Waals surface area contributed by atoms with Crippen molar-refractivity contribution in [2.24, 2.45) is 10.8 Å². The molecule has 1 aromatic rings. The average Bonchev–Trinajstić information content (AvgIpc) is 2.42. The van der Waals surface area contributed by atoms with Crippen molar-refractivity contribution in [3.63, 3.8) is 0 Å². The van der Waals surface area contributed by atoms with E-state index in [0.717, 1.165) is 36.8 Å². The third-order valence-corrected chi connectivity index (χ3v) is 5.31. The molecule has 0 heterocycles. The molecule has 0 spiro atoms. The SMILES string of the molecule is CCCC(c1cc(C)cc(C(CCC)C(C)(C)C)c1O)C(C)(C)C. The fourth-order valence-electron chi connectivity index (χ4n) is 4.05. The number of phenols is 1. The summed E-state index contributed by atoms with van der Waals surface area (Å²) >= 11 is 0. The highest BCUT2D eigenvalue weighted by atomic mass is 16.3. The van der Waals surface area contributed by atoms with Crippen molar-refractivity contribution in [1.82, 2.24) is 0 Å². The Kier molecular flexibility index (Phi) is 6.96. The zero-order valence-corrected chi connectivity index (χ0v) is 17.6. The molecule has 1 rings (SSSR count). The van der Waals surface area contributed by atoms with Gasteiger partial charge in [-0.15, -0.1) is 0 Å². The first kappa shape index (κ1) is 21.1. The molecule has 1 nitrogen and oxygen atoms in total. The van der Waals surface area contributed by atoms with E-state index < -0.39 is 0 Å². The van der Waals surface area contributed by atoms with Crippen molar-refractivity contribution in [3.05, 3.63) is 28.8 Å². The Bertz CT molecular complexity index is 483. The summed E-state index contributed by atoms with van der Waals surface area (Å²) in [5, 5.41) is 11.2. The normalized spacial score (nSPS) is 15.4. The van der Waals surface area contributed by atoms with E-state index >= 15 is 0 Å². The third kappa shape index (κ3) is 5.01. The maximum atomic E-state index is 11.2. The number of aryl methyl sites for hydroxylation is 1. The number of benzene rings is 1. The maximum absolute atomic E-state index is 11.2. The van der Waals surface area contributed by atoms with Gasteiger partial charge >= 0.3 is 0 Å². The minimum absolute atomic E-state index is 0.153. The second-order valence-corrected chi connectivity index (χ2v) is 9.71. The van der Waals surface area contributed by atoms with Gasteiger partial charge in [-0.3, -0.25) is 0 Å². The summed E-state index contributed by atoms with van der Waals surface area (Å²) in [5.41, 5.74) is 3.89. The second kappa shape index (κ2) is 7.93. The van der Waals surface area contributed by atoms with Crippen LogP contribution in [0.3, 0.4) is 0 Å². The van der Waals surface area contributed by atoms with Gasteiger partial charge < -0.3 is 5.11 Å². The molecule has 0 saturated carbocycles. The Morgan fingerprint density at radius 2 is 1.12 bits per heavy atom. The molecule has 138 valence electrons. The largest absolute Gasteiger partial charge is 0.507 e. The Morgan fingerprint density at radius 1 is 0.792 bits per heavy atom. The van der Waals surface area contributed by atoms with Gasteiger partial charge in [0.15, 0.2) is 0 Å². The summed E-state index contributed by atoms with van der Waals surface area (Å²) in [4.78, 5) is 0. The lowest BCUT2D eigenvalue weighted by Crippen LogP contribution is -2.21. The predicted octanol–water partition coefficient (Wildman–Crippen LogP) is 7.56. The molecule has 0 aromatic heterocycles. The number of phenolic OH excluding ortho intramolecular Hbond substituents is 1. The van der Waals surface area contributed by atoms with Crippen LogP contribution in [0.4, 0.5) is 0 Å². The van der Waals surface area contributed by atoms with Crippen molar-refractivity contribution < 1.29 is 5.11 Å². The molecule has 0 aliphatic carbocycles. The average molecular weight is 333 g/mol. The molecular weight excluding hydrogens is 292 g/mol. The molecule has 1 aromatic carbocycles. The number of aromatic hydroxyl groups is 1. The Hall–Kier alpha value is -0.980. The molecule has 1 heteroatoms. The number of rotatable bonds is 6. The summed E-state index contributed by atoms with van der Waals surface area (Å²) in [6.45, 7) is 20.4. The molecule has 0 saturated heterocycles. The molecule has 0 aliphatic rings. The lowest BCUT2D eigenvalue weighted by atomic mass is 9.70. The summed E-state index contributed by atoms with van der Waals surface area (Å²) in [7, 11) is 0. The highest BCUT2D eigenvalue weighted by molar-refractivity contribution is 5.48. The van der Waals surface area contributed by atoms with Gasteiger partial charge in [0.25, 0.3) is 0 Å². The monoisotopic (exact) mass is 332 g/mol. The van der Waals surface area contributed by atoms with E-state index in [0.29, 0.717) is 17.6 Å². The molecule has 2 unspecified atom stereocenters. The topological polar surface area (TPSA) is 20.2 Å². The molecule has 0 fully saturated rings. The van der Waals surface area contributed by atoms with Gasteiger partial charge in [-0.2, -0.15) is 0 Å². The van der Waals surface area contributed by atoms with Crippen molar-refractivity contribution in [1.29, 1.82) is 0 Å². The van der Waals surface area contributed by atoms with E-state index in [1.807, 2.05) is 0 Å². The van der Waals surface area contributed by atoms with Gasteiger partial charge in [0, 0.05) is 0 Å². The van der Waals surface area contributed by atoms with Crippen molar-refractivity contribution >= 4 is 0 Å². The van der Waals surface area contributed by atoms with Crippen LogP contribution in [0.2, 0.25) is 0 Å². The Balaban J connectivity index is 3.53. The first-order valence-electron chi connectivity index (χ1n) is 9.76. The van der Waals surface area contributed by atoms with Gasteiger partial charge in [0.1, 0.15) is 5.75 Å².